The number of carboxylic acid groups (broad SMARTS) is 1. The number of hydrogen-bond acceptors (Lipinski definition) is 4. The molecule has 0 saturated carbocycles. The second kappa shape index (κ2) is 4.25. The molecule has 0 atom stereocenters. The minimum Gasteiger partial charge on any atom is -0.507 e. The number of aromatic nitrogens is 3. The standard InChI is InChI=1S/C11H11N3O3/c1-2-7-6-14(13-12-7)8-3-4-10(15)9(5-8)11(16)17/h3-6,15H,2H2,1H3,(H,16,17). The molecule has 0 aliphatic carbocycles. The van der Waals surface area contributed by atoms with Crippen LogP contribution < -0.4 is 0 Å². The number of aromatic hydroxyl groups is 1. The fraction of sp³-hybridized carbons (Fsp3) is 0.182. The van der Waals surface area contributed by atoms with Crippen molar-refractivity contribution in [3.63, 3.8) is 0 Å². The topological polar surface area (TPSA) is 88.2 Å². The van der Waals surface area contributed by atoms with Crippen LogP contribution in [-0.2, 0) is 6.42 Å². The van der Waals surface area contributed by atoms with Gasteiger partial charge in [0.1, 0.15) is 11.3 Å². The molecule has 0 radical (unpaired) electrons. The average molecular weight is 233 g/mol. The zero-order chi connectivity index (χ0) is 12.4. The van der Waals surface area contributed by atoms with Crippen LogP contribution in [0.2, 0.25) is 0 Å². The second-order valence-corrected chi connectivity index (χ2v) is 3.51. The summed E-state index contributed by atoms with van der Waals surface area (Å²) in [6.45, 7) is 1.95. The zero-order valence-electron chi connectivity index (χ0n) is 9.16. The van der Waals surface area contributed by atoms with E-state index < -0.39 is 5.97 Å². The Bertz CT molecular complexity index is 563. The molecule has 2 N–H and O–H groups in total. The van der Waals surface area contributed by atoms with Gasteiger partial charge in [0.15, 0.2) is 0 Å². The quantitative estimate of drug-likeness (QED) is 0.832. The molecule has 0 spiro atoms. The van der Waals surface area contributed by atoms with Crippen molar-refractivity contribution >= 4 is 5.97 Å². The molecule has 0 fully saturated rings. The SMILES string of the molecule is CCc1cn(-c2ccc(O)c(C(=O)O)c2)nn1. The highest BCUT2D eigenvalue weighted by atomic mass is 16.4. The zero-order valence-corrected chi connectivity index (χ0v) is 9.16. The summed E-state index contributed by atoms with van der Waals surface area (Å²) in [5.41, 5.74) is 1.21. The summed E-state index contributed by atoms with van der Waals surface area (Å²) in [6, 6.07) is 4.26. The molecule has 6 heteroatoms. The lowest BCUT2D eigenvalue weighted by Crippen LogP contribution is -2.01. The highest BCUT2D eigenvalue weighted by Gasteiger charge is 2.11. The summed E-state index contributed by atoms with van der Waals surface area (Å²) in [6.07, 6.45) is 2.47. The molecule has 88 valence electrons. The molecule has 2 aromatic rings. The van der Waals surface area contributed by atoms with Crippen LogP contribution in [0, 0.1) is 0 Å². The number of rotatable bonds is 3. The normalized spacial score (nSPS) is 10.4. The van der Waals surface area contributed by atoms with Crippen LogP contribution in [0.1, 0.15) is 23.0 Å². The van der Waals surface area contributed by atoms with E-state index in [9.17, 15) is 9.90 Å². The highest BCUT2D eigenvalue weighted by molar-refractivity contribution is 5.91. The van der Waals surface area contributed by atoms with E-state index in [-0.39, 0.29) is 11.3 Å². The number of benzene rings is 1. The van der Waals surface area contributed by atoms with Gasteiger partial charge in [0.2, 0.25) is 0 Å². The van der Waals surface area contributed by atoms with Crippen molar-refractivity contribution in [2.24, 2.45) is 0 Å². The van der Waals surface area contributed by atoms with Crippen LogP contribution in [0.25, 0.3) is 5.69 Å². The van der Waals surface area contributed by atoms with E-state index in [1.807, 2.05) is 6.92 Å². The van der Waals surface area contributed by atoms with E-state index in [4.69, 9.17) is 5.11 Å². The van der Waals surface area contributed by atoms with Crippen LogP contribution in [0.3, 0.4) is 0 Å². The van der Waals surface area contributed by atoms with Crippen molar-refractivity contribution in [2.75, 3.05) is 0 Å². The van der Waals surface area contributed by atoms with Gasteiger partial charge in [-0.2, -0.15) is 0 Å². The van der Waals surface area contributed by atoms with E-state index in [0.717, 1.165) is 12.1 Å². The van der Waals surface area contributed by atoms with Gasteiger partial charge >= 0.3 is 5.97 Å². The molecule has 0 bridgehead atoms. The van der Waals surface area contributed by atoms with Gasteiger partial charge < -0.3 is 10.2 Å². The Morgan fingerprint density at radius 1 is 1.47 bits per heavy atom. The van der Waals surface area contributed by atoms with E-state index in [1.165, 1.54) is 16.8 Å². The molecule has 1 aromatic carbocycles. The number of carboxylic acids is 1. The third kappa shape index (κ3) is 2.10. The van der Waals surface area contributed by atoms with Crippen LogP contribution in [-0.4, -0.2) is 31.2 Å². The summed E-state index contributed by atoms with van der Waals surface area (Å²) in [5, 5.41) is 26.1. The minimum absolute atomic E-state index is 0.156. The first-order valence-electron chi connectivity index (χ1n) is 5.09. The largest absolute Gasteiger partial charge is 0.507 e. The Balaban J connectivity index is 2.46. The highest BCUT2D eigenvalue weighted by Crippen LogP contribution is 2.20. The number of hydrogen-bond donors (Lipinski definition) is 2. The summed E-state index contributed by atoms with van der Waals surface area (Å²) in [5.74, 6) is -1.45. The van der Waals surface area contributed by atoms with E-state index in [2.05, 4.69) is 10.3 Å². The Kier molecular flexibility index (Phi) is 2.78. The number of aromatic carboxylic acids is 1. The van der Waals surface area contributed by atoms with Gasteiger partial charge in [0, 0.05) is 0 Å². The first-order chi connectivity index (χ1) is 8.11. The third-order valence-corrected chi connectivity index (χ3v) is 2.38. The van der Waals surface area contributed by atoms with Crippen molar-refractivity contribution in [2.45, 2.75) is 13.3 Å². The molecule has 1 aromatic heterocycles. The third-order valence-electron chi connectivity index (χ3n) is 2.38. The lowest BCUT2D eigenvalue weighted by molar-refractivity contribution is 0.0693. The Hall–Kier alpha value is -2.37. The van der Waals surface area contributed by atoms with Crippen molar-refractivity contribution in [3.8, 4) is 11.4 Å². The molecule has 0 aliphatic heterocycles. The van der Waals surface area contributed by atoms with Gasteiger partial charge in [-0.05, 0) is 24.6 Å². The van der Waals surface area contributed by atoms with Crippen molar-refractivity contribution in [1.29, 1.82) is 0 Å². The fourth-order valence-corrected chi connectivity index (χ4v) is 1.42. The monoisotopic (exact) mass is 233 g/mol. The lowest BCUT2D eigenvalue weighted by Gasteiger charge is -2.03. The molecule has 0 amide bonds. The second-order valence-electron chi connectivity index (χ2n) is 3.51. The molecule has 2 rings (SSSR count). The predicted molar refractivity (Wildman–Crippen MR) is 59.4 cm³/mol. The van der Waals surface area contributed by atoms with Gasteiger partial charge in [0.05, 0.1) is 17.6 Å². The van der Waals surface area contributed by atoms with Crippen LogP contribution in [0.4, 0.5) is 0 Å². The van der Waals surface area contributed by atoms with Gasteiger partial charge in [-0.15, -0.1) is 5.10 Å². The van der Waals surface area contributed by atoms with E-state index in [0.29, 0.717) is 5.69 Å². The first-order valence-corrected chi connectivity index (χ1v) is 5.09. The number of carbonyl (C=O) groups is 1. The Morgan fingerprint density at radius 2 is 2.24 bits per heavy atom. The van der Waals surface area contributed by atoms with Crippen LogP contribution in [0.5, 0.6) is 5.75 Å². The van der Waals surface area contributed by atoms with Crippen molar-refractivity contribution in [3.05, 3.63) is 35.7 Å². The molecule has 0 aliphatic rings. The molecule has 1 heterocycles. The predicted octanol–water partition coefficient (Wildman–Crippen LogP) is 1.23. The molecule has 6 nitrogen and oxygen atoms in total. The Morgan fingerprint density at radius 3 is 2.82 bits per heavy atom. The smallest absolute Gasteiger partial charge is 0.339 e. The molecule has 0 unspecified atom stereocenters. The maximum Gasteiger partial charge on any atom is 0.339 e. The van der Waals surface area contributed by atoms with Gasteiger partial charge in [-0.25, -0.2) is 9.48 Å². The van der Waals surface area contributed by atoms with Gasteiger partial charge in [-0.1, -0.05) is 12.1 Å². The van der Waals surface area contributed by atoms with Crippen molar-refractivity contribution in [1.82, 2.24) is 15.0 Å². The average Bonchev–Trinajstić information content (AvgIpc) is 2.78. The number of nitrogens with zero attached hydrogens (tertiary/aromatic N) is 3. The van der Waals surface area contributed by atoms with Crippen LogP contribution >= 0.6 is 0 Å². The Labute approximate surface area is 97.1 Å². The minimum atomic E-state index is -1.18. The molecule has 0 saturated heterocycles. The lowest BCUT2D eigenvalue weighted by atomic mass is 10.2. The molecular formula is C11H11N3O3. The van der Waals surface area contributed by atoms with Gasteiger partial charge in [-0.3, -0.25) is 0 Å². The summed E-state index contributed by atoms with van der Waals surface area (Å²) < 4.78 is 1.48. The number of phenols is 1. The molecule has 17 heavy (non-hydrogen) atoms. The fourth-order valence-electron chi connectivity index (χ4n) is 1.42. The maximum atomic E-state index is 10.9. The summed E-state index contributed by atoms with van der Waals surface area (Å²) >= 11 is 0. The van der Waals surface area contributed by atoms with Gasteiger partial charge in [0.25, 0.3) is 0 Å². The summed E-state index contributed by atoms with van der Waals surface area (Å²) in [7, 11) is 0. The molecular weight excluding hydrogens is 222 g/mol. The maximum absolute atomic E-state index is 10.9. The number of aryl methyl sites for hydroxylation is 1. The summed E-state index contributed by atoms with van der Waals surface area (Å²) in [4.78, 5) is 10.9. The van der Waals surface area contributed by atoms with E-state index in [1.54, 1.807) is 12.3 Å². The first kappa shape index (κ1) is 11.1. The van der Waals surface area contributed by atoms with Crippen molar-refractivity contribution < 1.29 is 15.0 Å². The van der Waals surface area contributed by atoms with E-state index >= 15 is 0 Å². The van der Waals surface area contributed by atoms with Crippen LogP contribution in [0.15, 0.2) is 24.4 Å².